The van der Waals surface area contributed by atoms with Crippen LogP contribution in [0.25, 0.3) is 21.3 Å². The Labute approximate surface area is 214 Å². The summed E-state index contributed by atoms with van der Waals surface area (Å²) in [6.45, 7) is 5.36. The number of benzene rings is 1. The molecule has 0 amide bonds. The van der Waals surface area contributed by atoms with Crippen molar-refractivity contribution in [2.75, 3.05) is 36.5 Å². The van der Waals surface area contributed by atoms with E-state index in [1.54, 1.807) is 6.33 Å². The first-order valence-electron chi connectivity index (χ1n) is 11.5. The SMILES string of the molecule is CCOc1cc(-c2cc(NCCc3ccc(Br)cc3N3CCCC3)ncn2)sc1-c1noc(=O)[nH]1. The molecule has 4 aromatic rings. The molecule has 0 spiro atoms. The third-order valence-electron chi connectivity index (χ3n) is 5.77. The molecule has 0 saturated carbocycles. The average Bonchev–Trinajstić information content (AvgIpc) is 3.62. The monoisotopic (exact) mass is 556 g/mol. The minimum absolute atomic E-state index is 0.338. The molecule has 0 radical (unpaired) electrons. The van der Waals surface area contributed by atoms with Gasteiger partial charge in [0, 0.05) is 41.9 Å². The second-order valence-electron chi connectivity index (χ2n) is 8.11. The number of hydrogen-bond donors (Lipinski definition) is 2. The molecule has 1 saturated heterocycles. The zero-order valence-electron chi connectivity index (χ0n) is 19.2. The molecule has 0 bridgehead atoms. The minimum atomic E-state index is -0.607. The first kappa shape index (κ1) is 23.6. The molecule has 5 rings (SSSR count). The highest BCUT2D eigenvalue weighted by Crippen LogP contribution is 2.41. The molecule has 1 aliphatic heterocycles. The Morgan fingerprint density at radius 3 is 2.86 bits per heavy atom. The van der Waals surface area contributed by atoms with Gasteiger partial charge in [-0.1, -0.05) is 27.2 Å². The standard InChI is InChI=1S/C24H25BrN6O3S/c1-2-33-19-13-20(35-22(19)23-29-24(32)34-30-23)17-12-21(28-14-27-17)26-8-7-15-5-6-16(25)11-18(15)31-9-3-4-10-31/h5-6,11-14H,2-4,7-10H2,1H3,(H,26,27,28)(H,29,30,32). The van der Waals surface area contributed by atoms with Gasteiger partial charge in [-0.15, -0.1) is 11.3 Å². The molecule has 3 aromatic heterocycles. The van der Waals surface area contributed by atoms with Crippen molar-refractivity contribution in [2.45, 2.75) is 26.2 Å². The number of ether oxygens (including phenoxy) is 1. The second kappa shape index (κ2) is 10.6. The highest BCUT2D eigenvalue weighted by molar-refractivity contribution is 9.10. The zero-order chi connectivity index (χ0) is 24.2. The summed E-state index contributed by atoms with van der Waals surface area (Å²) in [6, 6.07) is 10.3. The fourth-order valence-corrected chi connectivity index (χ4v) is 5.53. The number of nitrogens with one attached hydrogen (secondary N) is 2. The number of nitrogens with zero attached hydrogens (tertiary/aromatic N) is 4. The molecule has 4 heterocycles. The maximum atomic E-state index is 11.4. The van der Waals surface area contributed by atoms with Crippen LogP contribution in [0.1, 0.15) is 25.3 Å². The minimum Gasteiger partial charge on any atom is -0.492 e. The Balaban J connectivity index is 1.31. The van der Waals surface area contributed by atoms with Gasteiger partial charge < -0.3 is 15.0 Å². The summed E-state index contributed by atoms with van der Waals surface area (Å²) in [6.07, 6.45) is 4.92. The smallest absolute Gasteiger partial charge is 0.439 e. The lowest BCUT2D eigenvalue weighted by molar-refractivity contribution is 0.342. The van der Waals surface area contributed by atoms with Gasteiger partial charge in [-0.25, -0.2) is 14.8 Å². The predicted molar refractivity (Wildman–Crippen MR) is 140 cm³/mol. The van der Waals surface area contributed by atoms with Gasteiger partial charge in [0.1, 0.15) is 22.8 Å². The summed E-state index contributed by atoms with van der Waals surface area (Å²) in [5, 5.41) is 7.23. The average molecular weight is 557 g/mol. The Hall–Kier alpha value is -3.18. The van der Waals surface area contributed by atoms with Crippen LogP contribution in [-0.2, 0) is 6.42 Å². The van der Waals surface area contributed by atoms with Crippen molar-refractivity contribution in [3.8, 4) is 27.0 Å². The Morgan fingerprint density at radius 1 is 1.23 bits per heavy atom. The molecule has 182 valence electrons. The van der Waals surface area contributed by atoms with Gasteiger partial charge in [-0.2, -0.15) is 0 Å². The molecular weight excluding hydrogens is 532 g/mol. The van der Waals surface area contributed by atoms with Gasteiger partial charge in [0.05, 0.1) is 17.2 Å². The summed E-state index contributed by atoms with van der Waals surface area (Å²) in [7, 11) is 0. The molecular formula is C24H25BrN6O3S. The number of hydrogen-bond acceptors (Lipinski definition) is 9. The second-order valence-corrected chi connectivity index (χ2v) is 10.1. The Morgan fingerprint density at radius 2 is 2.09 bits per heavy atom. The van der Waals surface area contributed by atoms with Crippen LogP contribution in [0.15, 0.2) is 50.4 Å². The first-order valence-corrected chi connectivity index (χ1v) is 13.1. The summed E-state index contributed by atoms with van der Waals surface area (Å²) < 4.78 is 11.5. The number of halogens is 1. The third kappa shape index (κ3) is 5.40. The largest absolute Gasteiger partial charge is 0.492 e. The normalized spacial score (nSPS) is 13.4. The van der Waals surface area contributed by atoms with Crippen molar-refractivity contribution >= 4 is 38.8 Å². The predicted octanol–water partition coefficient (Wildman–Crippen LogP) is 4.96. The molecule has 35 heavy (non-hydrogen) atoms. The molecule has 2 N–H and O–H groups in total. The fourth-order valence-electron chi connectivity index (χ4n) is 4.17. The van der Waals surface area contributed by atoms with Crippen LogP contribution in [0.4, 0.5) is 11.5 Å². The van der Waals surface area contributed by atoms with Crippen molar-refractivity contribution < 1.29 is 9.26 Å². The number of aromatic amines is 1. The zero-order valence-corrected chi connectivity index (χ0v) is 21.6. The maximum absolute atomic E-state index is 11.4. The van der Waals surface area contributed by atoms with E-state index in [-0.39, 0.29) is 0 Å². The van der Waals surface area contributed by atoms with Gasteiger partial charge >= 0.3 is 5.76 Å². The van der Waals surface area contributed by atoms with E-state index < -0.39 is 5.76 Å². The molecule has 0 unspecified atom stereocenters. The van der Waals surface area contributed by atoms with Crippen molar-refractivity contribution in [3.63, 3.8) is 0 Å². The van der Waals surface area contributed by atoms with Crippen molar-refractivity contribution in [1.82, 2.24) is 20.1 Å². The lowest BCUT2D eigenvalue weighted by Gasteiger charge is -2.22. The maximum Gasteiger partial charge on any atom is 0.439 e. The summed E-state index contributed by atoms with van der Waals surface area (Å²) in [5.41, 5.74) is 3.39. The number of rotatable bonds is 9. The van der Waals surface area contributed by atoms with E-state index in [9.17, 15) is 4.79 Å². The van der Waals surface area contributed by atoms with Crippen molar-refractivity contribution in [3.05, 3.63) is 57.2 Å². The Kier molecular flexibility index (Phi) is 7.14. The lowest BCUT2D eigenvalue weighted by Crippen LogP contribution is -2.20. The number of thiophene rings is 1. The van der Waals surface area contributed by atoms with E-state index in [2.05, 4.69) is 69.0 Å². The molecule has 11 heteroatoms. The highest BCUT2D eigenvalue weighted by atomic mass is 79.9. The van der Waals surface area contributed by atoms with E-state index in [1.807, 2.05) is 19.1 Å². The van der Waals surface area contributed by atoms with Crippen LogP contribution >= 0.6 is 27.3 Å². The van der Waals surface area contributed by atoms with Crippen molar-refractivity contribution in [2.24, 2.45) is 0 Å². The summed E-state index contributed by atoms with van der Waals surface area (Å²) in [4.78, 5) is 26.9. The van der Waals surface area contributed by atoms with Crippen molar-refractivity contribution in [1.29, 1.82) is 0 Å². The van der Waals surface area contributed by atoms with E-state index in [0.717, 1.165) is 46.9 Å². The molecule has 1 aromatic carbocycles. The van der Waals surface area contributed by atoms with Crippen LogP contribution in [0, 0.1) is 0 Å². The number of anilines is 2. The van der Waals surface area contributed by atoms with E-state index >= 15 is 0 Å². The molecule has 0 aliphatic carbocycles. The molecule has 0 atom stereocenters. The van der Waals surface area contributed by atoms with Crippen LogP contribution in [0.2, 0.25) is 0 Å². The quantitative estimate of drug-likeness (QED) is 0.297. The van der Waals surface area contributed by atoms with Gasteiger partial charge in [-0.05, 0) is 43.9 Å². The van der Waals surface area contributed by atoms with Gasteiger partial charge in [0.15, 0.2) is 5.82 Å². The van der Waals surface area contributed by atoms with Crippen LogP contribution in [-0.4, -0.2) is 46.3 Å². The van der Waals surface area contributed by atoms with Crippen LogP contribution in [0.5, 0.6) is 5.75 Å². The van der Waals surface area contributed by atoms with E-state index in [0.29, 0.717) is 23.1 Å². The summed E-state index contributed by atoms with van der Waals surface area (Å²) in [5.74, 6) is 1.10. The first-order chi connectivity index (χ1) is 17.1. The van der Waals surface area contributed by atoms with Crippen LogP contribution in [0.3, 0.4) is 0 Å². The topological polar surface area (TPSA) is 109 Å². The number of H-pyrrole nitrogens is 1. The molecule has 9 nitrogen and oxygen atoms in total. The summed E-state index contributed by atoms with van der Waals surface area (Å²) >= 11 is 5.04. The van der Waals surface area contributed by atoms with E-state index in [4.69, 9.17) is 4.74 Å². The fraction of sp³-hybridized carbons (Fsp3) is 0.333. The molecule has 1 aliphatic rings. The lowest BCUT2D eigenvalue weighted by atomic mass is 10.1. The highest BCUT2D eigenvalue weighted by Gasteiger charge is 2.19. The van der Waals surface area contributed by atoms with Gasteiger partial charge in [0.25, 0.3) is 0 Å². The van der Waals surface area contributed by atoms with Crippen LogP contribution < -0.4 is 20.7 Å². The van der Waals surface area contributed by atoms with E-state index in [1.165, 1.54) is 35.4 Å². The number of aromatic nitrogens is 4. The third-order valence-corrected chi connectivity index (χ3v) is 7.41. The molecule has 1 fully saturated rings. The Bertz CT molecular complexity index is 1360. The van der Waals surface area contributed by atoms with Gasteiger partial charge in [-0.3, -0.25) is 9.51 Å². The van der Waals surface area contributed by atoms with Gasteiger partial charge in [0.2, 0.25) is 0 Å².